The van der Waals surface area contributed by atoms with Crippen LogP contribution in [0.15, 0.2) is 12.1 Å². The lowest BCUT2D eigenvalue weighted by atomic mass is 10.1. The molecule has 2 N–H and O–H groups in total. The first-order chi connectivity index (χ1) is 9.90. The largest absolute Gasteiger partial charge is 0.389 e. The van der Waals surface area contributed by atoms with Gasteiger partial charge in [0.25, 0.3) is 0 Å². The summed E-state index contributed by atoms with van der Waals surface area (Å²) in [6.07, 6.45) is 1.11. The van der Waals surface area contributed by atoms with E-state index in [1.165, 1.54) is 0 Å². The summed E-state index contributed by atoms with van der Waals surface area (Å²) in [7, 11) is 0. The van der Waals surface area contributed by atoms with Crippen LogP contribution in [-0.4, -0.2) is 31.0 Å². The molecule has 0 heterocycles. The maximum absolute atomic E-state index is 13.3. The fraction of sp³-hybridized carbons (Fsp3) is 0.600. The fourth-order valence-electron chi connectivity index (χ4n) is 1.76. The van der Waals surface area contributed by atoms with E-state index in [-0.39, 0.29) is 18.8 Å². The molecule has 0 radical (unpaired) electrons. The average Bonchev–Trinajstić information content (AvgIpc) is 2.40. The van der Waals surface area contributed by atoms with Crippen LogP contribution in [0.5, 0.6) is 0 Å². The van der Waals surface area contributed by atoms with E-state index < -0.39 is 23.6 Å². The number of benzene rings is 1. The minimum Gasteiger partial charge on any atom is -0.389 e. The highest BCUT2D eigenvalue weighted by atomic mass is 19.2. The third-order valence-electron chi connectivity index (χ3n) is 2.92. The standard InChI is InChI=1S/C15H22F3NO2/c1-10(2)4-3-5-21-9-11(20)8-19-15-7-13(17)12(16)6-14(15)18/h6-7,10-11,19-20H,3-5,8-9H2,1-2H3. The number of hydrogen-bond donors (Lipinski definition) is 2. The predicted molar refractivity (Wildman–Crippen MR) is 75.7 cm³/mol. The van der Waals surface area contributed by atoms with Crippen molar-refractivity contribution in [1.82, 2.24) is 0 Å². The first-order valence-electron chi connectivity index (χ1n) is 7.04. The third-order valence-corrected chi connectivity index (χ3v) is 2.92. The summed E-state index contributed by atoms with van der Waals surface area (Å²) in [5, 5.41) is 12.2. The van der Waals surface area contributed by atoms with Crippen molar-refractivity contribution in [3.05, 3.63) is 29.6 Å². The van der Waals surface area contributed by atoms with Crippen LogP contribution in [0.1, 0.15) is 26.7 Å². The quantitative estimate of drug-likeness (QED) is 0.543. The molecule has 1 rings (SSSR count). The predicted octanol–water partition coefficient (Wildman–Crippen LogP) is 3.33. The average molecular weight is 305 g/mol. The molecule has 0 fully saturated rings. The van der Waals surface area contributed by atoms with Crippen molar-refractivity contribution in [2.45, 2.75) is 32.8 Å². The Morgan fingerprint density at radius 2 is 1.81 bits per heavy atom. The SMILES string of the molecule is CC(C)CCCOCC(O)CNc1cc(F)c(F)cc1F. The van der Waals surface area contributed by atoms with Crippen LogP contribution in [0.2, 0.25) is 0 Å². The van der Waals surface area contributed by atoms with Gasteiger partial charge >= 0.3 is 0 Å². The number of aliphatic hydroxyl groups excluding tert-OH is 1. The number of nitrogens with one attached hydrogen (secondary N) is 1. The van der Waals surface area contributed by atoms with Crippen molar-refractivity contribution in [3.8, 4) is 0 Å². The fourth-order valence-corrected chi connectivity index (χ4v) is 1.76. The maximum Gasteiger partial charge on any atom is 0.161 e. The van der Waals surface area contributed by atoms with Gasteiger partial charge < -0.3 is 15.2 Å². The lowest BCUT2D eigenvalue weighted by Crippen LogP contribution is -2.25. The normalized spacial score (nSPS) is 12.7. The van der Waals surface area contributed by atoms with E-state index in [1.807, 2.05) is 0 Å². The van der Waals surface area contributed by atoms with Crippen LogP contribution in [-0.2, 0) is 4.74 Å². The molecular formula is C15H22F3NO2. The molecule has 0 aliphatic rings. The summed E-state index contributed by atoms with van der Waals surface area (Å²) < 4.78 is 44.3. The molecule has 120 valence electrons. The molecule has 0 bridgehead atoms. The zero-order valence-corrected chi connectivity index (χ0v) is 12.3. The highest BCUT2D eigenvalue weighted by molar-refractivity contribution is 5.45. The van der Waals surface area contributed by atoms with Crippen molar-refractivity contribution in [2.75, 3.05) is 25.1 Å². The molecular weight excluding hydrogens is 283 g/mol. The van der Waals surface area contributed by atoms with Crippen molar-refractivity contribution in [1.29, 1.82) is 0 Å². The van der Waals surface area contributed by atoms with E-state index in [4.69, 9.17) is 4.74 Å². The summed E-state index contributed by atoms with van der Waals surface area (Å²) in [4.78, 5) is 0. The minimum atomic E-state index is -1.24. The van der Waals surface area contributed by atoms with E-state index >= 15 is 0 Å². The molecule has 0 aromatic heterocycles. The molecule has 0 amide bonds. The van der Waals surface area contributed by atoms with Crippen molar-refractivity contribution < 1.29 is 23.0 Å². The highest BCUT2D eigenvalue weighted by Crippen LogP contribution is 2.18. The molecule has 1 aromatic rings. The van der Waals surface area contributed by atoms with E-state index in [0.717, 1.165) is 18.9 Å². The second-order valence-corrected chi connectivity index (χ2v) is 5.39. The number of halogens is 3. The minimum absolute atomic E-state index is 0.00776. The lowest BCUT2D eigenvalue weighted by Gasteiger charge is -2.14. The zero-order valence-electron chi connectivity index (χ0n) is 12.3. The van der Waals surface area contributed by atoms with Crippen molar-refractivity contribution in [2.24, 2.45) is 5.92 Å². The van der Waals surface area contributed by atoms with Crippen LogP contribution in [0.25, 0.3) is 0 Å². The van der Waals surface area contributed by atoms with Crippen LogP contribution in [0.3, 0.4) is 0 Å². The highest BCUT2D eigenvalue weighted by Gasteiger charge is 2.11. The second-order valence-electron chi connectivity index (χ2n) is 5.39. The summed E-state index contributed by atoms with van der Waals surface area (Å²) >= 11 is 0. The van der Waals surface area contributed by atoms with Gasteiger partial charge in [0, 0.05) is 25.3 Å². The van der Waals surface area contributed by atoms with Gasteiger partial charge in [-0.05, 0) is 18.8 Å². The molecule has 21 heavy (non-hydrogen) atoms. The van der Waals surface area contributed by atoms with Gasteiger partial charge in [-0.2, -0.15) is 0 Å². The van der Waals surface area contributed by atoms with E-state index in [9.17, 15) is 18.3 Å². The van der Waals surface area contributed by atoms with Gasteiger partial charge in [0.1, 0.15) is 5.82 Å². The Balaban J connectivity index is 2.27. The molecule has 1 atom stereocenters. The molecule has 3 nitrogen and oxygen atoms in total. The summed E-state index contributed by atoms with van der Waals surface area (Å²) in [5.41, 5.74) is -0.187. The van der Waals surface area contributed by atoms with Crippen LogP contribution >= 0.6 is 0 Å². The topological polar surface area (TPSA) is 41.5 Å². The molecule has 0 aliphatic carbocycles. The van der Waals surface area contributed by atoms with Gasteiger partial charge in [0.2, 0.25) is 0 Å². The summed E-state index contributed by atoms with van der Waals surface area (Å²) in [6, 6.07) is 1.19. The van der Waals surface area contributed by atoms with Crippen molar-refractivity contribution in [3.63, 3.8) is 0 Å². The zero-order chi connectivity index (χ0) is 15.8. The molecule has 1 aromatic carbocycles. The second kappa shape index (κ2) is 8.89. The van der Waals surface area contributed by atoms with Gasteiger partial charge in [0.15, 0.2) is 11.6 Å². The smallest absolute Gasteiger partial charge is 0.161 e. The Bertz CT molecular complexity index is 441. The molecule has 0 aliphatic heterocycles. The van der Waals surface area contributed by atoms with Crippen LogP contribution < -0.4 is 5.32 Å². The maximum atomic E-state index is 13.3. The summed E-state index contributed by atoms with van der Waals surface area (Å²) in [5.74, 6) is -2.68. The Morgan fingerprint density at radius 1 is 1.14 bits per heavy atom. The molecule has 0 saturated carbocycles. The first-order valence-corrected chi connectivity index (χ1v) is 7.04. The lowest BCUT2D eigenvalue weighted by molar-refractivity contribution is 0.0409. The Labute approximate surface area is 123 Å². The van der Waals surface area contributed by atoms with Gasteiger partial charge in [-0.3, -0.25) is 0 Å². The van der Waals surface area contributed by atoms with Gasteiger partial charge in [-0.1, -0.05) is 13.8 Å². The first kappa shape index (κ1) is 17.8. The molecule has 1 unspecified atom stereocenters. The monoisotopic (exact) mass is 305 g/mol. The van der Waals surface area contributed by atoms with E-state index in [2.05, 4.69) is 19.2 Å². The van der Waals surface area contributed by atoms with Gasteiger partial charge in [-0.25, -0.2) is 13.2 Å². The van der Waals surface area contributed by atoms with E-state index in [0.29, 0.717) is 18.6 Å². The number of hydrogen-bond acceptors (Lipinski definition) is 3. The Morgan fingerprint density at radius 3 is 2.48 bits per heavy atom. The van der Waals surface area contributed by atoms with Gasteiger partial charge in [0.05, 0.1) is 18.4 Å². The molecule has 0 saturated heterocycles. The molecule has 0 spiro atoms. The third kappa shape index (κ3) is 6.82. The van der Waals surface area contributed by atoms with E-state index in [1.54, 1.807) is 0 Å². The number of rotatable bonds is 9. The number of aliphatic hydroxyl groups is 1. The number of ether oxygens (including phenoxy) is 1. The number of anilines is 1. The van der Waals surface area contributed by atoms with Crippen molar-refractivity contribution >= 4 is 5.69 Å². The molecule has 6 heteroatoms. The Hall–Kier alpha value is -1.27. The van der Waals surface area contributed by atoms with Crippen LogP contribution in [0, 0.1) is 23.4 Å². The summed E-state index contributed by atoms with van der Waals surface area (Å²) in [6.45, 7) is 4.89. The van der Waals surface area contributed by atoms with Gasteiger partial charge in [-0.15, -0.1) is 0 Å². The Kier molecular flexibility index (Phi) is 7.53. The van der Waals surface area contributed by atoms with Crippen LogP contribution in [0.4, 0.5) is 18.9 Å².